The quantitative estimate of drug-likeness (QED) is 0.845. The van der Waals surface area contributed by atoms with Crippen LogP contribution >= 0.6 is 15.9 Å². The first-order valence-corrected chi connectivity index (χ1v) is 6.54. The van der Waals surface area contributed by atoms with Gasteiger partial charge in [-0.1, -0.05) is 5.57 Å². The van der Waals surface area contributed by atoms with Crippen LogP contribution in [0.2, 0.25) is 0 Å². The summed E-state index contributed by atoms with van der Waals surface area (Å²) in [6.07, 6.45) is 1.98. The number of hydrogen-bond acceptors (Lipinski definition) is 2. The molecule has 100 valence electrons. The van der Waals surface area contributed by atoms with Gasteiger partial charge in [0.05, 0.1) is 18.5 Å². The number of rotatable bonds is 3. The van der Waals surface area contributed by atoms with Gasteiger partial charge in [0.1, 0.15) is 16.2 Å². The molecule has 0 spiro atoms. The first-order chi connectivity index (χ1) is 8.99. The zero-order valence-electron chi connectivity index (χ0n) is 10.9. The largest absolute Gasteiger partial charge is 0.497 e. The van der Waals surface area contributed by atoms with Crippen molar-refractivity contribution >= 4 is 22.0 Å². The number of allylic oxidation sites excluding steroid dienone is 1. The Bertz CT molecular complexity index is 630. The molecule has 1 heterocycles. The first kappa shape index (κ1) is 13.8. The van der Waals surface area contributed by atoms with E-state index in [2.05, 4.69) is 21.0 Å². The van der Waals surface area contributed by atoms with Crippen molar-refractivity contribution in [2.75, 3.05) is 7.11 Å². The van der Waals surface area contributed by atoms with Crippen molar-refractivity contribution in [1.82, 2.24) is 9.78 Å². The van der Waals surface area contributed by atoms with E-state index < -0.39 is 0 Å². The summed E-state index contributed by atoms with van der Waals surface area (Å²) in [4.78, 5) is 0. The Morgan fingerprint density at radius 1 is 1.32 bits per heavy atom. The van der Waals surface area contributed by atoms with Gasteiger partial charge < -0.3 is 4.74 Å². The zero-order valence-corrected chi connectivity index (χ0v) is 12.5. The Hall–Kier alpha value is -1.62. The smallest absolute Gasteiger partial charge is 0.129 e. The molecule has 0 radical (unpaired) electrons. The zero-order chi connectivity index (χ0) is 14.0. The number of ether oxygens (including phenoxy) is 1. The van der Waals surface area contributed by atoms with Crippen molar-refractivity contribution in [1.29, 1.82) is 0 Å². The van der Waals surface area contributed by atoms with Gasteiger partial charge in [-0.2, -0.15) is 5.10 Å². The molecule has 0 bridgehead atoms. The molecule has 0 fully saturated rings. The van der Waals surface area contributed by atoms with Gasteiger partial charge in [-0.25, -0.2) is 9.07 Å². The lowest BCUT2D eigenvalue weighted by atomic mass is 10.2. The highest BCUT2D eigenvalue weighted by Gasteiger charge is 2.09. The molecule has 2 aromatic rings. The number of halogens is 2. The number of aromatic nitrogens is 2. The van der Waals surface area contributed by atoms with Gasteiger partial charge in [0.25, 0.3) is 0 Å². The van der Waals surface area contributed by atoms with E-state index in [9.17, 15) is 4.39 Å². The van der Waals surface area contributed by atoms with Gasteiger partial charge in [-0.3, -0.25) is 0 Å². The molecule has 2 rings (SSSR count). The molecule has 0 saturated carbocycles. The fourth-order valence-corrected chi connectivity index (χ4v) is 2.15. The van der Waals surface area contributed by atoms with E-state index >= 15 is 0 Å². The van der Waals surface area contributed by atoms with Crippen LogP contribution in [-0.4, -0.2) is 16.9 Å². The van der Waals surface area contributed by atoms with E-state index in [1.165, 1.54) is 19.2 Å². The summed E-state index contributed by atoms with van der Waals surface area (Å²) in [7, 11) is 1.51. The van der Waals surface area contributed by atoms with Crippen LogP contribution in [0, 0.1) is 5.82 Å². The topological polar surface area (TPSA) is 27.1 Å². The molecule has 1 aromatic heterocycles. The van der Waals surface area contributed by atoms with Crippen LogP contribution in [0.25, 0.3) is 11.8 Å². The molecule has 1 aromatic carbocycles. The van der Waals surface area contributed by atoms with Crippen LogP contribution in [0.3, 0.4) is 0 Å². The molecule has 5 heteroatoms. The van der Waals surface area contributed by atoms with E-state index in [0.717, 1.165) is 11.3 Å². The van der Waals surface area contributed by atoms with Crippen LogP contribution in [0.5, 0.6) is 5.75 Å². The number of hydrogen-bond donors (Lipinski definition) is 0. The average Bonchev–Trinajstić information content (AvgIpc) is 2.68. The van der Waals surface area contributed by atoms with Crippen molar-refractivity contribution in [2.24, 2.45) is 0 Å². The molecule has 3 nitrogen and oxygen atoms in total. The SMILES string of the molecule is COc1cc(F)cc(-n2nc(Br)cc2C=C(C)C)c1. The Balaban J connectivity index is 2.58. The lowest BCUT2D eigenvalue weighted by Gasteiger charge is -2.07. The van der Waals surface area contributed by atoms with E-state index in [1.54, 1.807) is 10.7 Å². The Morgan fingerprint density at radius 2 is 2.05 bits per heavy atom. The Labute approximate surface area is 119 Å². The van der Waals surface area contributed by atoms with Gasteiger partial charge in [-0.05, 0) is 48.0 Å². The van der Waals surface area contributed by atoms with Crippen LogP contribution in [0.15, 0.2) is 34.4 Å². The highest BCUT2D eigenvalue weighted by molar-refractivity contribution is 9.10. The molecule has 0 amide bonds. The van der Waals surface area contributed by atoms with Crippen molar-refractivity contribution in [3.05, 3.63) is 46.0 Å². The minimum absolute atomic E-state index is 0.357. The maximum atomic E-state index is 13.6. The molecular formula is C14H14BrFN2O. The lowest BCUT2D eigenvalue weighted by molar-refractivity contribution is 0.411. The average molecular weight is 325 g/mol. The predicted octanol–water partition coefficient (Wildman–Crippen LogP) is 4.21. The fourth-order valence-electron chi connectivity index (χ4n) is 1.76. The second-order valence-corrected chi connectivity index (χ2v) is 5.19. The van der Waals surface area contributed by atoms with Crippen LogP contribution in [-0.2, 0) is 0 Å². The summed E-state index contributed by atoms with van der Waals surface area (Å²) in [6.45, 7) is 3.99. The summed E-state index contributed by atoms with van der Waals surface area (Å²) in [5.41, 5.74) is 2.63. The monoisotopic (exact) mass is 324 g/mol. The summed E-state index contributed by atoms with van der Waals surface area (Å²) in [5, 5.41) is 4.32. The number of benzene rings is 1. The van der Waals surface area contributed by atoms with Gasteiger partial charge >= 0.3 is 0 Å². The normalized spacial score (nSPS) is 10.4. The molecule has 0 aliphatic heterocycles. The first-order valence-electron chi connectivity index (χ1n) is 5.75. The minimum atomic E-state index is -0.357. The lowest BCUT2D eigenvalue weighted by Crippen LogP contribution is -2.00. The van der Waals surface area contributed by atoms with Crippen molar-refractivity contribution in [3.8, 4) is 11.4 Å². The molecule has 0 atom stereocenters. The summed E-state index contributed by atoms with van der Waals surface area (Å²) in [5.74, 6) is 0.105. The molecule has 0 N–H and O–H groups in total. The maximum absolute atomic E-state index is 13.6. The molecule has 0 aliphatic rings. The molecular weight excluding hydrogens is 311 g/mol. The number of methoxy groups -OCH3 is 1. The highest BCUT2D eigenvalue weighted by atomic mass is 79.9. The molecule has 19 heavy (non-hydrogen) atoms. The summed E-state index contributed by atoms with van der Waals surface area (Å²) < 4.78 is 21.0. The van der Waals surface area contributed by atoms with E-state index in [-0.39, 0.29) is 5.82 Å². The third-order valence-corrected chi connectivity index (χ3v) is 2.87. The van der Waals surface area contributed by atoms with Crippen molar-refractivity contribution in [3.63, 3.8) is 0 Å². The van der Waals surface area contributed by atoms with Crippen molar-refractivity contribution < 1.29 is 9.13 Å². The van der Waals surface area contributed by atoms with Crippen LogP contribution in [0.1, 0.15) is 19.5 Å². The van der Waals surface area contributed by atoms with Crippen LogP contribution in [0.4, 0.5) is 4.39 Å². The maximum Gasteiger partial charge on any atom is 0.129 e. The highest BCUT2D eigenvalue weighted by Crippen LogP contribution is 2.23. The van der Waals surface area contributed by atoms with Gasteiger partial charge in [0.15, 0.2) is 0 Å². The Morgan fingerprint density at radius 3 is 2.68 bits per heavy atom. The third kappa shape index (κ3) is 3.23. The van der Waals surface area contributed by atoms with Gasteiger partial charge in [0.2, 0.25) is 0 Å². The molecule has 0 saturated heterocycles. The fraction of sp³-hybridized carbons (Fsp3) is 0.214. The molecule has 0 aliphatic carbocycles. The number of nitrogens with zero attached hydrogens (tertiary/aromatic N) is 2. The summed E-state index contributed by atoms with van der Waals surface area (Å²) >= 11 is 3.34. The van der Waals surface area contributed by atoms with Gasteiger partial charge in [0, 0.05) is 12.1 Å². The third-order valence-electron chi connectivity index (χ3n) is 2.48. The van der Waals surface area contributed by atoms with Gasteiger partial charge in [-0.15, -0.1) is 0 Å². The van der Waals surface area contributed by atoms with Crippen LogP contribution < -0.4 is 4.74 Å². The minimum Gasteiger partial charge on any atom is -0.497 e. The Kier molecular flexibility index (Phi) is 4.04. The van der Waals surface area contributed by atoms with Crippen molar-refractivity contribution in [2.45, 2.75) is 13.8 Å². The summed E-state index contributed by atoms with van der Waals surface area (Å²) in [6, 6.07) is 6.38. The second kappa shape index (κ2) is 5.57. The predicted molar refractivity (Wildman–Crippen MR) is 77.1 cm³/mol. The van der Waals surface area contributed by atoms with E-state index in [0.29, 0.717) is 16.0 Å². The second-order valence-electron chi connectivity index (χ2n) is 4.37. The molecule has 0 unspecified atom stereocenters. The van der Waals surface area contributed by atoms with E-state index in [4.69, 9.17) is 4.74 Å². The standard InChI is InChI=1S/C14H14BrFN2O/c1-9(2)4-11-8-14(15)17-18(11)12-5-10(16)6-13(7-12)19-3/h4-8H,1-3H3. The van der Waals surface area contributed by atoms with E-state index in [1.807, 2.05) is 26.0 Å².